The standard InChI is InChI=1S/C30H41N5O4/c1-31-19-22-18-23-11-14-26(29(37)33-16-15-20-9-12-24(39-3)13-10-20)35(23)30(38)27(22)34-28(36)25(32-2)17-21-7-5-4-6-8-21/h4-10,12-13,22-23,25-27,31-32H,11,14-19H2,1-3H3,(H,33,37)(H,34,36)/t22-,23?,25?,26+,27+/m1/s1. The van der Waals surface area contributed by atoms with E-state index in [2.05, 4.69) is 21.3 Å². The number of carbonyl (C=O) groups is 3. The zero-order valence-corrected chi connectivity index (χ0v) is 23.1. The lowest BCUT2D eigenvalue weighted by Crippen LogP contribution is -2.64. The third-order valence-corrected chi connectivity index (χ3v) is 7.96. The summed E-state index contributed by atoms with van der Waals surface area (Å²) in [7, 11) is 5.24. The molecule has 2 aromatic rings. The second kappa shape index (κ2) is 13.6. The number of piperidine rings is 1. The Labute approximate surface area is 231 Å². The lowest BCUT2D eigenvalue weighted by Gasteiger charge is -2.42. The molecule has 5 atom stereocenters. The van der Waals surface area contributed by atoms with Crippen molar-refractivity contribution in [1.29, 1.82) is 0 Å². The van der Waals surface area contributed by atoms with Gasteiger partial charge in [0.25, 0.3) is 0 Å². The first kappa shape index (κ1) is 28.6. The topological polar surface area (TPSA) is 112 Å². The van der Waals surface area contributed by atoms with Crippen LogP contribution in [0.5, 0.6) is 5.75 Å². The van der Waals surface area contributed by atoms with Crippen LogP contribution in [-0.4, -0.2) is 81.1 Å². The number of methoxy groups -OCH3 is 1. The average Bonchev–Trinajstić information content (AvgIpc) is 3.39. The lowest BCUT2D eigenvalue weighted by atomic mass is 9.85. The van der Waals surface area contributed by atoms with E-state index in [0.29, 0.717) is 32.4 Å². The van der Waals surface area contributed by atoms with Gasteiger partial charge in [0.2, 0.25) is 17.7 Å². The zero-order chi connectivity index (χ0) is 27.8. The fourth-order valence-corrected chi connectivity index (χ4v) is 5.87. The van der Waals surface area contributed by atoms with Crippen molar-refractivity contribution in [2.75, 3.05) is 34.3 Å². The highest BCUT2D eigenvalue weighted by atomic mass is 16.5. The van der Waals surface area contributed by atoms with E-state index in [9.17, 15) is 14.4 Å². The van der Waals surface area contributed by atoms with Gasteiger partial charge in [0.15, 0.2) is 0 Å². The van der Waals surface area contributed by atoms with E-state index < -0.39 is 18.1 Å². The molecule has 2 unspecified atom stereocenters. The van der Waals surface area contributed by atoms with Gasteiger partial charge in [0.05, 0.1) is 13.2 Å². The normalized spacial score (nSPS) is 23.2. The summed E-state index contributed by atoms with van der Waals surface area (Å²) >= 11 is 0. The number of rotatable bonds is 12. The van der Waals surface area contributed by atoms with Crippen LogP contribution in [0.3, 0.4) is 0 Å². The Morgan fingerprint density at radius 1 is 1.03 bits per heavy atom. The fraction of sp³-hybridized carbons (Fsp3) is 0.500. The molecule has 0 aromatic heterocycles. The Kier molecular flexibility index (Phi) is 9.95. The smallest absolute Gasteiger partial charge is 0.246 e. The Hall–Kier alpha value is -3.43. The first-order chi connectivity index (χ1) is 18.9. The SMILES string of the molecule is CNC[C@H]1CC2CC[C@@H](C(=O)NCCc3ccc(OC)cc3)N2C(=O)[C@H]1NC(=O)C(Cc1ccccc1)NC. The molecule has 4 N–H and O–H groups in total. The van der Waals surface area contributed by atoms with E-state index in [0.717, 1.165) is 29.7 Å². The van der Waals surface area contributed by atoms with Crippen molar-refractivity contribution >= 4 is 17.7 Å². The second-order valence-electron chi connectivity index (χ2n) is 10.5. The minimum Gasteiger partial charge on any atom is -0.497 e. The molecule has 3 amide bonds. The predicted molar refractivity (Wildman–Crippen MR) is 150 cm³/mol. The number of fused-ring (bicyclic) bond motifs is 1. The van der Waals surface area contributed by atoms with Gasteiger partial charge in [0.1, 0.15) is 17.8 Å². The minimum atomic E-state index is -0.680. The summed E-state index contributed by atoms with van der Waals surface area (Å²) in [4.78, 5) is 42.1. The van der Waals surface area contributed by atoms with Crippen molar-refractivity contribution in [1.82, 2.24) is 26.2 Å². The third kappa shape index (κ3) is 6.96. The maximum atomic E-state index is 13.8. The van der Waals surface area contributed by atoms with E-state index >= 15 is 0 Å². The van der Waals surface area contributed by atoms with Crippen LogP contribution >= 0.6 is 0 Å². The number of nitrogens with one attached hydrogen (secondary N) is 4. The molecular weight excluding hydrogens is 494 g/mol. The summed E-state index contributed by atoms with van der Waals surface area (Å²) in [6.45, 7) is 1.10. The van der Waals surface area contributed by atoms with Crippen molar-refractivity contribution in [2.24, 2.45) is 5.92 Å². The number of likely N-dealkylation sites (N-methyl/N-ethyl adjacent to an activating group) is 1. The van der Waals surface area contributed by atoms with Crippen molar-refractivity contribution < 1.29 is 19.1 Å². The van der Waals surface area contributed by atoms with E-state index in [1.807, 2.05) is 61.6 Å². The lowest BCUT2D eigenvalue weighted by molar-refractivity contribution is -0.148. The quantitative estimate of drug-likeness (QED) is 0.326. The summed E-state index contributed by atoms with van der Waals surface area (Å²) in [6, 6.07) is 15.9. The van der Waals surface area contributed by atoms with Gasteiger partial charge in [-0.25, -0.2) is 0 Å². The highest BCUT2D eigenvalue weighted by Crippen LogP contribution is 2.35. The molecule has 2 aliphatic heterocycles. The molecule has 0 bridgehead atoms. The molecule has 0 aliphatic carbocycles. The van der Waals surface area contributed by atoms with Crippen molar-refractivity contribution in [3.05, 3.63) is 65.7 Å². The van der Waals surface area contributed by atoms with Crippen LogP contribution in [0.1, 0.15) is 30.4 Å². The third-order valence-electron chi connectivity index (χ3n) is 7.96. The second-order valence-corrected chi connectivity index (χ2v) is 10.5. The van der Waals surface area contributed by atoms with Gasteiger partial charge in [-0.3, -0.25) is 14.4 Å². The van der Waals surface area contributed by atoms with Crippen molar-refractivity contribution in [2.45, 2.75) is 56.3 Å². The van der Waals surface area contributed by atoms with Gasteiger partial charge in [-0.15, -0.1) is 0 Å². The van der Waals surface area contributed by atoms with Gasteiger partial charge < -0.3 is 30.9 Å². The van der Waals surface area contributed by atoms with Crippen LogP contribution < -0.4 is 26.0 Å². The molecule has 2 fully saturated rings. The van der Waals surface area contributed by atoms with Crippen LogP contribution in [-0.2, 0) is 27.2 Å². The molecule has 4 rings (SSSR count). The maximum absolute atomic E-state index is 13.8. The Balaban J connectivity index is 1.39. The van der Waals surface area contributed by atoms with E-state index in [-0.39, 0.29) is 29.7 Å². The van der Waals surface area contributed by atoms with Gasteiger partial charge in [0, 0.05) is 25.0 Å². The van der Waals surface area contributed by atoms with Crippen molar-refractivity contribution in [3.63, 3.8) is 0 Å². The monoisotopic (exact) mass is 535 g/mol. The maximum Gasteiger partial charge on any atom is 0.246 e. The average molecular weight is 536 g/mol. The van der Waals surface area contributed by atoms with Crippen molar-refractivity contribution in [3.8, 4) is 5.75 Å². The number of carbonyl (C=O) groups excluding carboxylic acids is 3. The highest BCUT2D eigenvalue weighted by molar-refractivity contribution is 5.94. The van der Waals surface area contributed by atoms with E-state index in [4.69, 9.17) is 4.74 Å². The fourth-order valence-electron chi connectivity index (χ4n) is 5.87. The molecule has 2 saturated heterocycles. The number of benzene rings is 2. The van der Waals surface area contributed by atoms with Gasteiger partial charge >= 0.3 is 0 Å². The van der Waals surface area contributed by atoms with Crippen LogP contribution in [0.25, 0.3) is 0 Å². The first-order valence-electron chi connectivity index (χ1n) is 13.8. The summed E-state index contributed by atoms with van der Waals surface area (Å²) in [5, 5.41) is 12.4. The summed E-state index contributed by atoms with van der Waals surface area (Å²) in [5.74, 6) is 0.247. The van der Waals surface area contributed by atoms with E-state index in [1.165, 1.54) is 0 Å². The molecule has 0 radical (unpaired) electrons. The number of ether oxygens (including phenoxy) is 1. The van der Waals surface area contributed by atoms with Crippen LogP contribution in [0, 0.1) is 5.92 Å². The van der Waals surface area contributed by atoms with E-state index in [1.54, 1.807) is 19.1 Å². The van der Waals surface area contributed by atoms with Crippen LogP contribution in [0.15, 0.2) is 54.6 Å². The first-order valence-corrected chi connectivity index (χ1v) is 13.8. The van der Waals surface area contributed by atoms with Gasteiger partial charge in [-0.2, -0.15) is 0 Å². The van der Waals surface area contributed by atoms with Gasteiger partial charge in [-0.1, -0.05) is 42.5 Å². The number of hydrogen-bond donors (Lipinski definition) is 4. The number of hydrogen-bond acceptors (Lipinski definition) is 6. The molecule has 0 spiro atoms. The van der Waals surface area contributed by atoms with Crippen LogP contribution in [0.2, 0.25) is 0 Å². The summed E-state index contributed by atoms with van der Waals surface area (Å²) in [6.07, 6.45) is 3.37. The molecule has 2 aromatic carbocycles. The Morgan fingerprint density at radius 2 is 1.77 bits per heavy atom. The number of amides is 3. The van der Waals surface area contributed by atoms with Crippen LogP contribution in [0.4, 0.5) is 0 Å². The summed E-state index contributed by atoms with van der Waals surface area (Å²) < 4.78 is 5.20. The highest BCUT2D eigenvalue weighted by Gasteiger charge is 2.50. The molecular formula is C30H41N5O4. The Morgan fingerprint density at radius 3 is 2.44 bits per heavy atom. The minimum absolute atomic E-state index is 0.00533. The predicted octanol–water partition coefficient (Wildman–Crippen LogP) is 1.27. The molecule has 0 saturated carbocycles. The van der Waals surface area contributed by atoms with Gasteiger partial charge in [-0.05, 0) is 69.5 Å². The molecule has 2 aliphatic rings. The molecule has 39 heavy (non-hydrogen) atoms. The molecule has 2 heterocycles. The largest absolute Gasteiger partial charge is 0.497 e. The zero-order valence-electron chi connectivity index (χ0n) is 23.1. The summed E-state index contributed by atoms with van der Waals surface area (Å²) in [5.41, 5.74) is 2.14. The number of nitrogens with zero attached hydrogens (tertiary/aromatic N) is 1. The Bertz CT molecular complexity index is 1110. The molecule has 9 nitrogen and oxygen atoms in total. The molecule has 210 valence electrons. The molecule has 9 heteroatoms.